The smallest absolute Gasteiger partial charge is 0.256 e. The van der Waals surface area contributed by atoms with Crippen molar-refractivity contribution in [1.29, 1.82) is 0 Å². The fourth-order valence-electron chi connectivity index (χ4n) is 2.83. The number of hydrogen-bond acceptors (Lipinski definition) is 4. The number of allylic oxidation sites excluding steroid dienone is 1. The van der Waals surface area contributed by atoms with Crippen LogP contribution in [0.2, 0.25) is 0 Å². The van der Waals surface area contributed by atoms with Crippen molar-refractivity contribution in [2.45, 2.75) is 52.5 Å². The highest BCUT2D eigenvalue weighted by atomic mass is 16.5. The van der Waals surface area contributed by atoms with Gasteiger partial charge >= 0.3 is 0 Å². The van der Waals surface area contributed by atoms with Gasteiger partial charge in [0, 0.05) is 28.4 Å². The second kappa shape index (κ2) is 8.21. The number of anilines is 1. The number of nitrogens with zero attached hydrogens (tertiary/aromatic N) is 1. The molecule has 2 rings (SSSR count). The summed E-state index contributed by atoms with van der Waals surface area (Å²) in [6.07, 6.45) is 2.88. The summed E-state index contributed by atoms with van der Waals surface area (Å²) >= 11 is 0. The zero-order chi connectivity index (χ0) is 19.3. The van der Waals surface area contributed by atoms with Crippen molar-refractivity contribution in [2.24, 2.45) is 4.99 Å². The number of benzene rings is 1. The van der Waals surface area contributed by atoms with Gasteiger partial charge in [0.25, 0.3) is 5.91 Å². The van der Waals surface area contributed by atoms with Crippen LogP contribution in [0.15, 0.2) is 51.8 Å². The van der Waals surface area contributed by atoms with E-state index in [2.05, 4.69) is 29.3 Å². The van der Waals surface area contributed by atoms with Gasteiger partial charge in [-0.2, -0.15) is 0 Å². The molecule has 1 amide bonds. The highest BCUT2D eigenvalue weighted by molar-refractivity contribution is 6.07. The van der Waals surface area contributed by atoms with E-state index >= 15 is 0 Å². The number of methoxy groups -OCH3 is 1. The molecule has 140 valence electrons. The van der Waals surface area contributed by atoms with Crippen molar-refractivity contribution < 1.29 is 9.53 Å². The Hall–Kier alpha value is -2.56. The molecule has 1 fully saturated rings. The largest absolute Gasteiger partial charge is 0.497 e. The second-order valence-corrected chi connectivity index (χ2v) is 7.09. The lowest BCUT2D eigenvalue weighted by Crippen LogP contribution is -2.29. The summed E-state index contributed by atoms with van der Waals surface area (Å²) < 4.78 is 5.22. The van der Waals surface area contributed by atoms with Gasteiger partial charge in [-0.05, 0) is 58.9 Å². The van der Waals surface area contributed by atoms with E-state index in [1.807, 2.05) is 39.0 Å². The summed E-state index contributed by atoms with van der Waals surface area (Å²) in [5.41, 5.74) is 3.22. The van der Waals surface area contributed by atoms with Gasteiger partial charge < -0.3 is 15.4 Å². The normalized spacial score (nSPS) is 15.4. The maximum atomic E-state index is 13.0. The number of rotatable bonds is 8. The van der Waals surface area contributed by atoms with Crippen molar-refractivity contribution in [3.8, 4) is 5.75 Å². The van der Waals surface area contributed by atoms with Gasteiger partial charge in [0.05, 0.1) is 7.11 Å². The first kappa shape index (κ1) is 19.8. The Labute approximate surface area is 156 Å². The first-order valence-electron chi connectivity index (χ1n) is 8.95. The average Bonchev–Trinajstić information content (AvgIpc) is 3.34. The minimum absolute atomic E-state index is 0.0625. The summed E-state index contributed by atoms with van der Waals surface area (Å²) in [5, 5.41) is 6.43. The van der Waals surface area contributed by atoms with Crippen LogP contribution in [0.5, 0.6) is 5.75 Å². The van der Waals surface area contributed by atoms with Gasteiger partial charge in [-0.3, -0.25) is 4.79 Å². The fraction of sp³-hybridized carbons (Fsp3) is 0.429. The van der Waals surface area contributed by atoms with Crippen LogP contribution in [0.3, 0.4) is 0 Å². The lowest BCUT2D eigenvalue weighted by Gasteiger charge is -2.20. The third-order valence-corrected chi connectivity index (χ3v) is 4.57. The first-order chi connectivity index (χ1) is 12.3. The molecule has 5 nitrogen and oxygen atoms in total. The molecule has 0 saturated heterocycles. The summed E-state index contributed by atoms with van der Waals surface area (Å²) in [5.74, 6) is 1.24. The van der Waals surface area contributed by atoms with E-state index in [9.17, 15) is 4.79 Å². The minimum Gasteiger partial charge on any atom is -0.497 e. The van der Waals surface area contributed by atoms with Crippen LogP contribution < -0.4 is 15.4 Å². The molecule has 1 saturated carbocycles. The van der Waals surface area contributed by atoms with Crippen LogP contribution in [0.4, 0.5) is 5.69 Å². The van der Waals surface area contributed by atoms with Crippen molar-refractivity contribution in [2.75, 3.05) is 12.4 Å². The highest BCUT2D eigenvalue weighted by Gasteiger charge is 2.38. The number of aliphatic imine (C=N–C) groups is 1. The zero-order valence-corrected chi connectivity index (χ0v) is 16.4. The number of amides is 1. The van der Waals surface area contributed by atoms with Gasteiger partial charge in [0.15, 0.2) is 0 Å². The number of ether oxygens (including phenoxy) is 1. The van der Waals surface area contributed by atoms with Gasteiger partial charge in [-0.1, -0.05) is 18.6 Å². The molecule has 0 spiro atoms. The van der Waals surface area contributed by atoms with E-state index in [-0.39, 0.29) is 11.4 Å². The second-order valence-electron chi connectivity index (χ2n) is 7.09. The molecule has 26 heavy (non-hydrogen) atoms. The number of carbonyl (C=O) groups is 1. The van der Waals surface area contributed by atoms with E-state index in [0.717, 1.165) is 24.0 Å². The standard InChI is InChI=1S/C21H29N3O2/c1-7-17(19(22-5)24-21(4)11-12-21)18(14(2)3)20(25)23-15-9-8-10-16(13-15)26-6/h8-10,13,24H,5,7,11-12H2,1-4,6H3,(H,23,25)/b19-17-. The van der Waals surface area contributed by atoms with Crippen LogP contribution in [-0.2, 0) is 4.79 Å². The molecule has 0 aliphatic heterocycles. The van der Waals surface area contributed by atoms with Crippen LogP contribution in [-0.4, -0.2) is 25.3 Å². The summed E-state index contributed by atoms with van der Waals surface area (Å²) in [4.78, 5) is 17.2. The minimum atomic E-state index is -0.154. The summed E-state index contributed by atoms with van der Waals surface area (Å²) in [6, 6.07) is 7.33. The monoisotopic (exact) mass is 355 g/mol. The average molecular weight is 355 g/mol. The molecule has 0 atom stereocenters. The van der Waals surface area contributed by atoms with E-state index in [0.29, 0.717) is 29.3 Å². The fourth-order valence-corrected chi connectivity index (χ4v) is 2.83. The van der Waals surface area contributed by atoms with Crippen LogP contribution in [0.25, 0.3) is 0 Å². The Morgan fingerprint density at radius 1 is 1.35 bits per heavy atom. The Bertz CT molecular complexity index is 754. The van der Waals surface area contributed by atoms with Crippen molar-refractivity contribution >= 4 is 18.3 Å². The van der Waals surface area contributed by atoms with Gasteiger partial charge in [0.2, 0.25) is 0 Å². The highest BCUT2D eigenvalue weighted by Crippen LogP contribution is 2.36. The number of carbonyl (C=O) groups excluding carboxylic acids is 1. The predicted octanol–water partition coefficient (Wildman–Crippen LogP) is 4.43. The topological polar surface area (TPSA) is 62.7 Å². The van der Waals surface area contributed by atoms with Crippen molar-refractivity contribution in [3.05, 3.63) is 46.8 Å². The van der Waals surface area contributed by atoms with Crippen LogP contribution in [0.1, 0.15) is 47.0 Å². The molecule has 0 bridgehead atoms. The molecule has 0 unspecified atom stereocenters. The third-order valence-electron chi connectivity index (χ3n) is 4.57. The lowest BCUT2D eigenvalue weighted by atomic mass is 9.97. The lowest BCUT2D eigenvalue weighted by molar-refractivity contribution is -0.112. The van der Waals surface area contributed by atoms with Gasteiger partial charge in [-0.25, -0.2) is 4.99 Å². The third kappa shape index (κ3) is 4.75. The molecule has 0 aromatic heterocycles. The van der Waals surface area contributed by atoms with Gasteiger partial charge in [-0.15, -0.1) is 0 Å². The molecule has 0 heterocycles. The van der Waals surface area contributed by atoms with Crippen LogP contribution in [0, 0.1) is 0 Å². The van der Waals surface area contributed by atoms with E-state index in [1.54, 1.807) is 13.2 Å². The van der Waals surface area contributed by atoms with E-state index in [4.69, 9.17) is 4.74 Å². The molecule has 0 radical (unpaired) electrons. The molecule has 5 heteroatoms. The number of nitrogens with one attached hydrogen (secondary N) is 2. The molecule has 1 aliphatic carbocycles. The van der Waals surface area contributed by atoms with Crippen LogP contribution >= 0.6 is 0 Å². The predicted molar refractivity (Wildman–Crippen MR) is 108 cm³/mol. The quantitative estimate of drug-likeness (QED) is 0.412. The summed E-state index contributed by atoms with van der Waals surface area (Å²) in [7, 11) is 1.60. The Balaban J connectivity index is 2.34. The summed E-state index contributed by atoms with van der Waals surface area (Å²) in [6.45, 7) is 11.8. The maximum Gasteiger partial charge on any atom is 0.256 e. The molecular formula is C21H29N3O2. The molecule has 2 N–H and O–H groups in total. The van der Waals surface area contributed by atoms with Crippen molar-refractivity contribution in [3.63, 3.8) is 0 Å². The maximum absolute atomic E-state index is 13.0. The van der Waals surface area contributed by atoms with E-state index < -0.39 is 0 Å². The Morgan fingerprint density at radius 3 is 2.54 bits per heavy atom. The van der Waals surface area contributed by atoms with Gasteiger partial charge in [0.1, 0.15) is 11.6 Å². The molecule has 1 aliphatic rings. The Kier molecular flexibility index (Phi) is 6.24. The first-order valence-corrected chi connectivity index (χ1v) is 8.95. The van der Waals surface area contributed by atoms with Crippen molar-refractivity contribution in [1.82, 2.24) is 5.32 Å². The number of hydrogen-bond donors (Lipinski definition) is 2. The molecule has 1 aromatic carbocycles. The zero-order valence-electron chi connectivity index (χ0n) is 16.4. The molecule has 1 aromatic rings. The Morgan fingerprint density at radius 2 is 2.04 bits per heavy atom. The van der Waals surface area contributed by atoms with E-state index in [1.165, 1.54) is 0 Å². The molecular weight excluding hydrogens is 326 g/mol. The SMILES string of the molecule is C=N/C(NC1(C)CC1)=C(\CC)C(C(=O)Nc1cccc(OC)c1)=C(C)C.